The Balaban J connectivity index is 1.69. The molecule has 1 fully saturated rings. The Morgan fingerprint density at radius 1 is 1.03 bits per heavy atom. The Bertz CT molecular complexity index is 1250. The van der Waals surface area contributed by atoms with Gasteiger partial charge in [0.1, 0.15) is 11.3 Å². The summed E-state index contributed by atoms with van der Waals surface area (Å²) in [6.07, 6.45) is -3.18. The number of carbonyl (C=O) groups is 2. The normalized spacial score (nSPS) is 15.9. The lowest BCUT2D eigenvalue weighted by Gasteiger charge is -2.28. The van der Waals surface area contributed by atoms with Gasteiger partial charge in [-0.15, -0.1) is 13.2 Å². The van der Waals surface area contributed by atoms with Gasteiger partial charge in [0.25, 0.3) is 5.91 Å². The van der Waals surface area contributed by atoms with Crippen molar-refractivity contribution in [2.75, 3.05) is 23.9 Å². The molecular weight excluding hydrogens is 449 g/mol. The number of nitrogens with zero attached hydrogens (tertiary/aromatic N) is 4. The number of anilines is 2. The molecule has 4 rings (SSSR count). The van der Waals surface area contributed by atoms with Crippen LogP contribution in [0.4, 0.5) is 29.3 Å². The average molecular weight is 472 g/mol. The van der Waals surface area contributed by atoms with Crippen LogP contribution in [0.3, 0.4) is 0 Å². The number of benzene rings is 2. The summed E-state index contributed by atoms with van der Waals surface area (Å²) in [5, 5.41) is 0.873. The van der Waals surface area contributed by atoms with Crippen molar-refractivity contribution in [2.45, 2.75) is 32.3 Å². The molecule has 1 aliphatic heterocycles. The fourth-order valence-electron chi connectivity index (χ4n) is 4.06. The first-order valence-corrected chi connectivity index (χ1v) is 10.5. The van der Waals surface area contributed by atoms with Gasteiger partial charge in [-0.25, -0.2) is 9.69 Å². The van der Waals surface area contributed by atoms with Crippen LogP contribution in [0, 0.1) is 0 Å². The van der Waals surface area contributed by atoms with E-state index in [1.807, 2.05) is 43.3 Å². The number of alkyl halides is 3. The number of ether oxygens (including phenoxy) is 1. The molecule has 3 amide bonds. The van der Waals surface area contributed by atoms with E-state index in [0.717, 1.165) is 39.2 Å². The number of halogens is 3. The highest BCUT2D eigenvalue weighted by Crippen LogP contribution is 2.36. The highest BCUT2D eigenvalue weighted by molar-refractivity contribution is 6.23. The molecule has 1 aliphatic rings. The van der Waals surface area contributed by atoms with E-state index in [1.54, 1.807) is 20.0 Å². The molecule has 178 valence electrons. The second kappa shape index (κ2) is 8.19. The van der Waals surface area contributed by atoms with Gasteiger partial charge >= 0.3 is 12.4 Å². The van der Waals surface area contributed by atoms with E-state index in [-0.39, 0.29) is 12.2 Å². The third-order valence-electron chi connectivity index (χ3n) is 5.79. The second-order valence-corrected chi connectivity index (χ2v) is 8.65. The van der Waals surface area contributed by atoms with Gasteiger partial charge in [0.2, 0.25) is 0 Å². The quantitative estimate of drug-likeness (QED) is 0.492. The number of rotatable bonds is 5. The minimum atomic E-state index is -4.84. The van der Waals surface area contributed by atoms with Crippen LogP contribution in [0.15, 0.2) is 54.7 Å². The Hall–Kier alpha value is -3.82. The van der Waals surface area contributed by atoms with Crippen molar-refractivity contribution in [1.29, 1.82) is 0 Å². The minimum Gasteiger partial charge on any atom is -0.406 e. The lowest BCUT2D eigenvalue weighted by atomic mass is 10.0. The van der Waals surface area contributed by atoms with Gasteiger partial charge in [0.15, 0.2) is 0 Å². The number of hydrogen-bond donors (Lipinski definition) is 0. The second-order valence-electron chi connectivity index (χ2n) is 8.65. The first-order valence-electron chi connectivity index (χ1n) is 10.5. The van der Waals surface area contributed by atoms with Gasteiger partial charge in [-0.1, -0.05) is 6.07 Å². The van der Waals surface area contributed by atoms with Gasteiger partial charge < -0.3 is 14.5 Å². The Morgan fingerprint density at radius 3 is 2.32 bits per heavy atom. The average Bonchev–Trinajstić information content (AvgIpc) is 2.92. The molecule has 0 aliphatic carbocycles. The maximum Gasteiger partial charge on any atom is 0.573 e. The van der Waals surface area contributed by atoms with Crippen molar-refractivity contribution < 1.29 is 27.5 Å². The molecule has 1 saturated heterocycles. The van der Waals surface area contributed by atoms with Gasteiger partial charge in [0, 0.05) is 37.9 Å². The summed E-state index contributed by atoms with van der Waals surface area (Å²) in [4.78, 5) is 35.4. The zero-order valence-electron chi connectivity index (χ0n) is 19.1. The van der Waals surface area contributed by atoms with Crippen LogP contribution in [-0.2, 0) is 11.3 Å². The molecule has 0 saturated carbocycles. The van der Waals surface area contributed by atoms with Gasteiger partial charge in [-0.2, -0.15) is 0 Å². The van der Waals surface area contributed by atoms with E-state index in [1.165, 1.54) is 17.0 Å². The number of hydrogen-bond acceptors (Lipinski definition) is 5. The topological polar surface area (TPSA) is 66.0 Å². The number of aromatic nitrogens is 1. The fraction of sp³-hybridized carbons (Fsp3) is 0.292. The zero-order chi connectivity index (χ0) is 24.8. The van der Waals surface area contributed by atoms with E-state index < -0.39 is 29.6 Å². The van der Waals surface area contributed by atoms with Gasteiger partial charge in [-0.3, -0.25) is 9.78 Å². The molecule has 2 aromatic carbocycles. The summed E-state index contributed by atoms with van der Waals surface area (Å²) in [5.41, 5.74) is 1.49. The SMILES string of the molecule is CN(C)c1cccc2nccc(CN3C(=O)N(c4ccc(OC(F)(F)F)cc4)C(=O)C3(C)C)c12. The van der Waals surface area contributed by atoms with Gasteiger partial charge in [-0.05, 0) is 61.9 Å². The summed E-state index contributed by atoms with van der Waals surface area (Å²) in [5.74, 6) is -0.917. The van der Waals surface area contributed by atoms with Crippen molar-refractivity contribution in [1.82, 2.24) is 9.88 Å². The Labute approximate surface area is 194 Å². The molecule has 0 spiro atoms. The first kappa shape index (κ1) is 23.3. The smallest absolute Gasteiger partial charge is 0.406 e. The van der Waals surface area contributed by atoms with Crippen LogP contribution in [0.25, 0.3) is 10.9 Å². The first-order chi connectivity index (χ1) is 15.9. The number of urea groups is 1. The lowest BCUT2D eigenvalue weighted by Crippen LogP contribution is -2.43. The van der Waals surface area contributed by atoms with Crippen molar-refractivity contribution in [3.63, 3.8) is 0 Å². The highest BCUT2D eigenvalue weighted by Gasteiger charge is 2.51. The van der Waals surface area contributed by atoms with Crippen molar-refractivity contribution in [3.8, 4) is 5.75 Å². The minimum absolute atomic E-state index is 0.146. The molecule has 10 heteroatoms. The lowest BCUT2D eigenvalue weighted by molar-refractivity contribution is -0.274. The van der Waals surface area contributed by atoms with Crippen molar-refractivity contribution in [3.05, 3.63) is 60.3 Å². The zero-order valence-corrected chi connectivity index (χ0v) is 19.1. The Morgan fingerprint density at radius 2 is 1.71 bits per heavy atom. The summed E-state index contributed by atoms with van der Waals surface area (Å²) >= 11 is 0. The maximum atomic E-state index is 13.4. The van der Waals surface area contributed by atoms with Crippen LogP contribution >= 0.6 is 0 Å². The van der Waals surface area contributed by atoms with E-state index in [9.17, 15) is 22.8 Å². The van der Waals surface area contributed by atoms with E-state index in [2.05, 4.69) is 9.72 Å². The molecule has 7 nitrogen and oxygen atoms in total. The fourth-order valence-corrected chi connectivity index (χ4v) is 4.06. The summed E-state index contributed by atoms with van der Waals surface area (Å²) in [6.45, 7) is 3.43. The van der Waals surface area contributed by atoms with E-state index >= 15 is 0 Å². The number of imide groups is 1. The predicted molar refractivity (Wildman–Crippen MR) is 122 cm³/mol. The Kier molecular flexibility index (Phi) is 5.63. The van der Waals surface area contributed by atoms with Gasteiger partial charge in [0.05, 0.1) is 11.2 Å². The van der Waals surface area contributed by atoms with E-state index in [4.69, 9.17) is 0 Å². The van der Waals surface area contributed by atoms with Crippen LogP contribution < -0.4 is 14.5 Å². The highest BCUT2D eigenvalue weighted by atomic mass is 19.4. The number of fused-ring (bicyclic) bond motifs is 1. The molecule has 34 heavy (non-hydrogen) atoms. The molecule has 2 heterocycles. The third kappa shape index (κ3) is 4.11. The summed E-state index contributed by atoms with van der Waals surface area (Å²) in [6, 6.07) is 11.6. The molecule has 0 radical (unpaired) electrons. The predicted octanol–water partition coefficient (Wildman–Crippen LogP) is 4.95. The van der Waals surface area contributed by atoms with Crippen molar-refractivity contribution >= 4 is 34.2 Å². The molecule has 0 unspecified atom stereocenters. The number of pyridine rings is 1. The number of amides is 3. The standard InChI is InChI=1S/C24H23F3N4O3/c1-23(2)21(32)31(16-8-10-17(11-9-16)34-24(25,26)27)22(33)30(23)14-15-12-13-28-18-6-5-7-19(20(15)18)29(3)4/h5-13H,14H2,1-4H3. The summed E-state index contributed by atoms with van der Waals surface area (Å²) in [7, 11) is 3.82. The maximum absolute atomic E-state index is 13.4. The summed E-state index contributed by atoms with van der Waals surface area (Å²) < 4.78 is 41.3. The third-order valence-corrected chi connectivity index (χ3v) is 5.79. The van der Waals surface area contributed by atoms with E-state index in [0.29, 0.717) is 0 Å². The number of carbonyl (C=O) groups excluding carboxylic acids is 2. The molecule has 0 bridgehead atoms. The molecule has 3 aromatic rings. The van der Waals surface area contributed by atoms with Crippen LogP contribution in [-0.4, -0.2) is 47.8 Å². The van der Waals surface area contributed by atoms with Crippen LogP contribution in [0.2, 0.25) is 0 Å². The molecule has 0 atom stereocenters. The molecule has 1 aromatic heterocycles. The monoisotopic (exact) mass is 472 g/mol. The molecular formula is C24H23F3N4O3. The van der Waals surface area contributed by atoms with Crippen LogP contribution in [0.5, 0.6) is 5.75 Å². The van der Waals surface area contributed by atoms with Crippen molar-refractivity contribution in [2.24, 2.45) is 0 Å². The largest absolute Gasteiger partial charge is 0.573 e. The molecule has 0 N–H and O–H groups in total. The van der Waals surface area contributed by atoms with Crippen LogP contribution in [0.1, 0.15) is 19.4 Å².